The van der Waals surface area contributed by atoms with Crippen molar-refractivity contribution in [2.45, 2.75) is 48.9 Å². The van der Waals surface area contributed by atoms with Gasteiger partial charge in [0, 0.05) is 25.6 Å². The number of hydrogen-bond donors (Lipinski definition) is 3. The number of nitrogens with one attached hydrogen (secondary N) is 2. The lowest BCUT2D eigenvalue weighted by atomic mass is 9.72. The lowest BCUT2D eigenvalue weighted by molar-refractivity contribution is -0.0972. The second-order valence-corrected chi connectivity index (χ2v) is 11.0. The SMILES string of the molecule is Cc1ccc(S(=O)(=O)NN[C@]2(C#N)C[C@H](c3ccccc3)N(Cc3ccccc3)C[C@@]2(C)O)cc1. The van der Waals surface area contributed by atoms with Gasteiger partial charge < -0.3 is 5.11 Å². The van der Waals surface area contributed by atoms with Gasteiger partial charge in [-0.05, 0) is 37.1 Å². The quantitative estimate of drug-likeness (QED) is 0.438. The van der Waals surface area contributed by atoms with E-state index in [1.165, 1.54) is 12.1 Å². The summed E-state index contributed by atoms with van der Waals surface area (Å²) >= 11 is 0. The van der Waals surface area contributed by atoms with E-state index >= 15 is 0 Å². The number of hydrazine groups is 1. The molecule has 3 aromatic rings. The van der Waals surface area contributed by atoms with Gasteiger partial charge in [0.15, 0.2) is 5.54 Å². The summed E-state index contributed by atoms with van der Waals surface area (Å²) in [5.41, 5.74) is 2.62. The first-order valence-electron chi connectivity index (χ1n) is 11.5. The van der Waals surface area contributed by atoms with Crippen LogP contribution in [-0.4, -0.2) is 36.1 Å². The zero-order valence-corrected chi connectivity index (χ0v) is 20.7. The van der Waals surface area contributed by atoms with Crippen LogP contribution in [0.15, 0.2) is 89.8 Å². The van der Waals surface area contributed by atoms with E-state index in [0.29, 0.717) is 6.54 Å². The average molecular weight is 491 g/mol. The Kier molecular flexibility index (Phi) is 7.08. The number of piperidine rings is 1. The van der Waals surface area contributed by atoms with Crippen molar-refractivity contribution in [3.05, 3.63) is 102 Å². The Hall–Kier alpha value is -3.06. The average Bonchev–Trinajstić information content (AvgIpc) is 2.85. The zero-order chi connectivity index (χ0) is 25.1. The van der Waals surface area contributed by atoms with E-state index in [4.69, 9.17) is 0 Å². The topological polar surface area (TPSA) is 105 Å². The maximum atomic E-state index is 12.9. The van der Waals surface area contributed by atoms with Gasteiger partial charge in [-0.3, -0.25) is 4.90 Å². The summed E-state index contributed by atoms with van der Waals surface area (Å²) in [6.07, 6.45) is 0.170. The fourth-order valence-corrected chi connectivity index (χ4v) is 5.50. The minimum Gasteiger partial charge on any atom is -0.386 e. The summed E-state index contributed by atoms with van der Waals surface area (Å²) in [4.78, 5) is 4.58. The molecule has 0 spiro atoms. The van der Waals surface area contributed by atoms with Crippen LogP contribution in [0.25, 0.3) is 0 Å². The maximum Gasteiger partial charge on any atom is 0.253 e. The van der Waals surface area contributed by atoms with Gasteiger partial charge in [0.25, 0.3) is 10.0 Å². The minimum absolute atomic E-state index is 0.0736. The zero-order valence-electron chi connectivity index (χ0n) is 19.8. The van der Waals surface area contributed by atoms with E-state index in [9.17, 15) is 18.8 Å². The molecule has 3 N–H and O–H groups in total. The molecule has 4 rings (SSSR count). The molecule has 0 unspecified atom stereocenters. The third-order valence-corrected chi connectivity index (χ3v) is 7.97. The Morgan fingerprint density at radius 1 is 1.03 bits per heavy atom. The van der Waals surface area contributed by atoms with Crippen LogP contribution in [0.3, 0.4) is 0 Å². The van der Waals surface area contributed by atoms with E-state index in [0.717, 1.165) is 16.7 Å². The molecule has 0 bridgehead atoms. The smallest absolute Gasteiger partial charge is 0.253 e. The number of β-amino-alcohol motifs (C(OH)–C–C–N with tert-alkyl or cyclic N) is 1. The summed E-state index contributed by atoms with van der Waals surface area (Å²) in [5, 5.41) is 21.8. The largest absolute Gasteiger partial charge is 0.386 e. The summed E-state index contributed by atoms with van der Waals surface area (Å²) in [6, 6.07) is 28.1. The normalized spacial score (nSPS) is 25.1. The van der Waals surface area contributed by atoms with Crippen molar-refractivity contribution in [1.82, 2.24) is 15.2 Å². The molecule has 3 aromatic carbocycles. The Balaban J connectivity index is 1.65. The molecule has 0 aromatic heterocycles. The number of nitrogens with zero attached hydrogens (tertiary/aromatic N) is 2. The Morgan fingerprint density at radius 2 is 1.63 bits per heavy atom. The van der Waals surface area contributed by atoms with Crippen molar-refractivity contribution < 1.29 is 13.5 Å². The Morgan fingerprint density at radius 3 is 2.23 bits per heavy atom. The first-order chi connectivity index (χ1) is 16.7. The fraction of sp³-hybridized carbons (Fsp3) is 0.296. The van der Waals surface area contributed by atoms with Crippen molar-refractivity contribution in [3.8, 4) is 6.07 Å². The highest BCUT2D eigenvalue weighted by Crippen LogP contribution is 2.42. The maximum absolute atomic E-state index is 12.9. The van der Waals surface area contributed by atoms with Crippen LogP contribution in [0, 0.1) is 18.3 Å². The second kappa shape index (κ2) is 9.90. The Labute approximate surface area is 207 Å². The third kappa shape index (κ3) is 5.30. The minimum atomic E-state index is -3.96. The van der Waals surface area contributed by atoms with E-state index in [2.05, 4.69) is 21.2 Å². The lowest BCUT2D eigenvalue weighted by Crippen LogP contribution is -2.72. The number of aryl methyl sites for hydroxylation is 1. The number of hydrogen-bond acceptors (Lipinski definition) is 6. The van der Waals surface area contributed by atoms with Gasteiger partial charge in [0.1, 0.15) is 5.60 Å². The summed E-state index contributed by atoms with van der Waals surface area (Å²) in [5.74, 6) is 0. The van der Waals surface area contributed by atoms with Crippen molar-refractivity contribution >= 4 is 10.0 Å². The van der Waals surface area contributed by atoms with Crippen LogP contribution in [0.4, 0.5) is 0 Å². The molecule has 1 aliphatic heterocycles. The second-order valence-electron chi connectivity index (χ2n) is 9.36. The first-order valence-corrected chi connectivity index (χ1v) is 13.0. The highest BCUT2D eigenvalue weighted by atomic mass is 32.2. The molecule has 8 heteroatoms. The molecule has 182 valence electrons. The van der Waals surface area contributed by atoms with Gasteiger partial charge in [0.2, 0.25) is 0 Å². The Bertz CT molecular complexity index is 1290. The van der Waals surface area contributed by atoms with Gasteiger partial charge >= 0.3 is 0 Å². The number of nitriles is 1. The third-order valence-electron chi connectivity index (χ3n) is 6.70. The molecule has 0 saturated carbocycles. The fourth-order valence-electron chi connectivity index (χ4n) is 4.58. The molecule has 35 heavy (non-hydrogen) atoms. The predicted molar refractivity (Wildman–Crippen MR) is 134 cm³/mol. The lowest BCUT2D eigenvalue weighted by Gasteiger charge is -2.52. The summed E-state index contributed by atoms with van der Waals surface area (Å²) < 4.78 is 25.9. The van der Waals surface area contributed by atoms with Gasteiger partial charge in [0.05, 0.1) is 11.0 Å². The summed E-state index contributed by atoms with van der Waals surface area (Å²) in [7, 11) is -3.96. The molecule has 1 heterocycles. The van der Waals surface area contributed by atoms with Crippen LogP contribution in [-0.2, 0) is 16.6 Å². The van der Waals surface area contributed by atoms with Crippen molar-refractivity contribution in [2.24, 2.45) is 0 Å². The van der Waals surface area contributed by atoms with Crippen molar-refractivity contribution in [3.63, 3.8) is 0 Å². The van der Waals surface area contributed by atoms with Crippen LogP contribution in [0.2, 0.25) is 0 Å². The van der Waals surface area contributed by atoms with E-state index in [-0.39, 0.29) is 23.9 Å². The van der Waals surface area contributed by atoms with Gasteiger partial charge in [-0.1, -0.05) is 78.4 Å². The van der Waals surface area contributed by atoms with Crippen LogP contribution >= 0.6 is 0 Å². The van der Waals surface area contributed by atoms with Crippen LogP contribution in [0.5, 0.6) is 0 Å². The predicted octanol–water partition coefficient (Wildman–Crippen LogP) is 3.44. The molecule has 1 fully saturated rings. The van der Waals surface area contributed by atoms with Crippen molar-refractivity contribution in [2.75, 3.05) is 6.54 Å². The molecular formula is C27H30N4O3S. The van der Waals surface area contributed by atoms with Gasteiger partial charge in [-0.25, -0.2) is 13.8 Å². The number of benzene rings is 3. The highest BCUT2D eigenvalue weighted by Gasteiger charge is 2.55. The van der Waals surface area contributed by atoms with E-state index in [1.807, 2.05) is 67.6 Å². The molecule has 7 nitrogen and oxygen atoms in total. The molecule has 1 saturated heterocycles. The van der Waals surface area contributed by atoms with Gasteiger partial charge in [-0.15, -0.1) is 4.83 Å². The number of rotatable bonds is 7. The number of sulfonamides is 1. The summed E-state index contributed by atoms with van der Waals surface area (Å²) in [6.45, 7) is 4.18. The van der Waals surface area contributed by atoms with Gasteiger partial charge in [-0.2, -0.15) is 5.26 Å². The number of aliphatic hydroxyl groups is 1. The monoisotopic (exact) mass is 490 g/mol. The molecule has 3 atom stereocenters. The molecule has 0 radical (unpaired) electrons. The molecule has 0 amide bonds. The molecule has 0 aliphatic carbocycles. The van der Waals surface area contributed by atoms with Crippen molar-refractivity contribution in [1.29, 1.82) is 5.26 Å². The highest BCUT2D eigenvalue weighted by molar-refractivity contribution is 7.89. The van der Waals surface area contributed by atoms with Crippen LogP contribution < -0.4 is 10.3 Å². The van der Waals surface area contributed by atoms with E-state index in [1.54, 1.807) is 19.1 Å². The van der Waals surface area contributed by atoms with E-state index < -0.39 is 21.2 Å². The van der Waals surface area contributed by atoms with Crippen LogP contribution in [0.1, 0.15) is 36.1 Å². The molecule has 1 aliphatic rings. The molecular weight excluding hydrogens is 460 g/mol. The number of likely N-dealkylation sites (tertiary alicyclic amines) is 1. The standard InChI is InChI=1S/C27H30N4O3S/c1-21-13-15-24(16-14-21)35(33,34)30-29-27(19-28)17-25(23-11-7-4-8-12-23)31(20-26(27,2)32)18-22-9-5-3-6-10-22/h3-16,25,29-30,32H,17-18,20H2,1-2H3/t25-,26-,27+/m1/s1. The first kappa shape index (κ1) is 25.0.